The molecule has 0 bridgehead atoms. The Morgan fingerprint density at radius 1 is 1.15 bits per heavy atom. The molecule has 1 atom stereocenters. The van der Waals surface area contributed by atoms with Crippen LogP contribution in [0.25, 0.3) is 14.9 Å². The lowest BCUT2D eigenvalue weighted by molar-refractivity contribution is -0.143. The fraction of sp³-hybridized carbons (Fsp3) is 0.432. The molecule has 1 aromatic heterocycles. The van der Waals surface area contributed by atoms with Crippen molar-refractivity contribution in [2.75, 3.05) is 64.7 Å². The van der Waals surface area contributed by atoms with Crippen molar-refractivity contribution >= 4 is 56.5 Å². The van der Waals surface area contributed by atoms with Crippen LogP contribution in [0, 0.1) is 18.4 Å². The lowest BCUT2D eigenvalue weighted by Crippen LogP contribution is -2.45. The van der Waals surface area contributed by atoms with Gasteiger partial charge in [-0.25, -0.2) is 11.4 Å². The van der Waals surface area contributed by atoms with Crippen LogP contribution in [-0.4, -0.2) is 106 Å². The highest BCUT2D eigenvalue weighted by Crippen LogP contribution is 2.39. The van der Waals surface area contributed by atoms with Gasteiger partial charge in [-0.05, 0) is 68.6 Å². The molecule has 2 heterocycles. The van der Waals surface area contributed by atoms with Crippen LogP contribution < -0.4 is 26.4 Å². The second kappa shape index (κ2) is 19.0. The molecule has 0 spiro atoms. The van der Waals surface area contributed by atoms with E-state index in [9.17, 15) is 32.3 Å². The topological polar surface area (TPSA) is 160 Å². The van der Waals surface area contributed by atoms with Crippen LogP contribution in [0.4, 0.5) is 24.5 Å². The molecule has 17 heteroatoms. The summed E-state index contributed by atoms with van der Waals surface area (Å²) in [6, 6.07) is 8.41. The van der Waals surface area contributed by atoms with Crippen LogP contribution in [-0.2, 0) is 25.5 Å². The predicted molar refractivity (Wildman–Crippen MR) is 199 cm³/mol. The molecule has 5 N–H and O–H groups in total. The lowest BCUT2D eigenvalue weighted by atomic mass is 10.0. The third-order valence-corrected chi connectivity index (χ3v) is 9.62. The number of alkyl halides is 3. The van der Waals surface area contributed by atoms with Gasteiger partial charge in [0, 0.05) is 31.1 Å². The molecule has 1 saturated heterocycles. The van der Waals surface area contributed by atoms with Crippen molar-refractivity contribution in [2.24, 2.45) is 5.73 Å². The normalized spacial score (nSPS) is 13.7. The van der Waals surface area contributed by atoms with Crippen LogP contribution >= 0.6 is 11.3 Å². The summed E-state index contributed by atoms with van der Waals surface area (Å²) in [7, 11) is 4.82. The number of piperidine rings is 1. The van der Waals surface area contributed by atoms with E-state index in [0.29, 0.717) is 53.9 Å². The van der Waals surface area contributed by atoms with E-state index >= 15 is 0 Å². The number of primary amides is 1. The number of halogens is 3. The molecule has 1 fully saturated rings. The highest BCUT2D eigenvalue weighted by molar-refractivity contribution is 7.20. The Hall–Kier alpha value is -5.52. The van der Waals surface area contributed by atoms with Gasteiger partial charge in [0.25, 0.3) is 5.91 Å². The molecule has 0 aliphatic carbocycles. The molecule has 288 valence electrons. The fourth-order valence-electron chi connectivity index (χ4n) is 5.84. The molecule has 54 heavy (non-hydrogen) atoms. The van der Waals surface area contributed by atoms with Crippen molar-refractivity contribution < 1.29 is 41.8 Å². The Bertz CT molecular complexity index is 1940. The van der Waals surface area contributed by atoms with E-state index in [1.54, 1.807) is 12.1 Å². The van der Waals surface area contributed by atoms with Gasteiger partial charge in [-0.2, -0.15) is 13.2 Å². The van der Waals surface area contributed by atoms with Crippen molar-refractivity contribution in [3.8, 4) is 17.6 Å². The summed E-state index contributed by atoms with van der Waals surface area (Å²) in [6.07, 6.45) is -4.46. The van der Waals surface area contributed by atoms with E-state index in [1.807, 2.05) is 30.0 Å². The predicted octanol–water partition coefficient (Wildman–Crippen LogP) is 4.23. The molecule has 3 amide bonds. The van der Waals surface area contributed by atoms with Gasteiger partial charge in [0.05, 0.1) is 47.6 Å². The summed E-state index contributed by atoms with van der Waals surface area (Å²) in [5, 5.41) is 9.49. The first-order valence-electron chi connectivity index (χ1n) is 17.0. The maximum atomic E-state index is 13.8. The highest BCUT2D eigenvalue weighted by Gasteiger charge is 2.32. The number of likely N-dealkylation sites (tertiary alicyclic amines) is 1. The number of carbonyl (C=O) groups is 4. The van der Waals surface area contributed by atoms with Crippen LogP contribution in [0.3, 0.4) is 0 Å². The molecule has 1 aliphatic rings. The molecule has 0 radical (unpaired) electrons. The standard InChI is InChI=1S/C37H42F3N7O6S/c1-42-22-53-30-19-23(35(50)45-29(36(51)52-4)12-13-32(41)48)10-11-27(30)43-16-6-9-31-26(20-37(38,39)40)25-7-5-8-28(34(25)54-31)44-24-14-17-47(18-15-24)33(49)21-46(2)3/h5,7-8,10-11,19,24,29,43-44H,12-18,20-22H2,2-4H3,(H2,41,48)(H,45,50). The number of thiophene rings is 1. The van der Waals surface area contributed by atoms with Gasteiger partial charge in [-0.1, -0.05) is 24.0 Å². The summed E-state index contributed by atoms with van der Waals surface area (Å²) < 4.78 is 52.3. The smallest absolute Gasteiger partial charge is 0.393 e. The number of carbonyl (C=O) groups excluding carboxylic acids is 4. The molecule has 3 aromatic rings. The quantitative estimate of drug-likeness (QED) is 0.101. The fourth-order valence-corrected chi connectivity index (χ4v) is 7.01. The average Bonchev–Trinajstić information content (AvgIpc) is 3.46. The lowest BCUT2D eigenvalue weighted by Gasteiger charge is -2.33. The number of likely N-dealkylation sites (N-methyl/N-ethyl adjacent to an activating group) is 1. The van der Waals surface area contributed by atoms with E-state index in [0.717, 1.165) is 7.11 Å². The SMILES string of the molecule is [C-]#[N+]COc1cc(C(=O)NC(CCC(N)=O)C(=O)OC)ccc1NCC#Cc1sc2c(NC3CCN(C(=O)CN(C)C)CC3)cccc2c1CC(F)(F)F. The van der Waals surface area contributed by atoms with Crippen LogP contribution in [0.15, 0.2) is 36.4 Å². The molecule has 1 unspecified atom stereocenters. The summed E-state index contributed by atoms with van der Waals surface area (Å²) >= 11 is 1.18. The summed E-state index contributed by atoms with van der Waals surface area (Å²) in [5.74, 6) is 3.89. The number of benzene rings is 2. The maximum Gasteiger partial charge on any atom is 0.393 e. The van der Waals surface area contributed by atoms with Crippen LogP contribution in [0.2, 0.25) is 0 Å². The number of methoxy groups -OCH3 is 1. The number of nitrogens with one attached hydrogen (secondary N) is 3. The van der Waals surface area contributed by atoms with E-state index in [1.165, 1.54) is 29.5 Å². The Morgan fingerprint density at radius 3 is 2.54 bits per heavy atom. The second-order valence-electron chi connectivity index (χ2n) is 12.8. The zero-order valence-electron chi connectivity index (χ0n) is 30.1. The third-order valence-electron chi connectivity index (χ3n) is 8.42. The Morgan fingerprint density at radius 2 is 1.89 bits per heavy atom. The summed E-state index contributed by atoms with van der Waals surface area (Å²) in [5.41, 5.74) is 6.41. The number of fused-ring (bicyclic) bond motifs is 1. The van der Waals surface area contributed by atoms with Gasteiger partial charge in [0.15, 0.2) is 5.75 Å². The van der Waals surface area contributed by atoms with Gasteiger partial charge >= 0.3 is 18.9 Å². The highest BCUT2D eigenvalue weighted by atomic mass is 32.1. The van der Waals surface area contributed by atoms with E-state index in [2.05, 4.69) is 32.6 Å². The largest absolute Gasteiger partial charge is 0.467 e. The molecule has 1 aliphatic heterocycles. The van der Waals surface area contributed by atoms with Crippen molar-refractivity contribution in [3.05, 3.63) is 63.8 Å². The number of hydrogen-bond donors (Lipinski definition) is 4. The summed E-state index contributed by atoms with van der Waals surface area (Å²) in [4.78, 5) is 56.0. The van der Waals surface area contributed by atoms with E-state index in [4.69, 9.17) is 21.8 Å². The van der Waals surface area contributed by atoms with E-state index in [-0.39, 0.29) is 59.8 Å². The van der Waals surface area contributed by atoms with Crippen molar-refractivity contribution in [1.82, 2.24) is 15.1 Å². The first kappa shape index (κ1) is 41.2. The van der Waals surface area contributed by atoms with Gasteiger partial charge in [0.1, 0.15) is 6.04 Å². The molecule has 2 aromatic carbocycles. The van der Waals surface area contributed by atoms with Crippen molar-refractivity contribution in [2.45, 2.75) is 50.4 Å². The van der Waals surface area contributed by atoms with Crippen molar-refractivity contribution in [3.63, 3.8) is 0 Å². The van der Waals surface area contributed by atoms with Gasteiger partial charge in [-0.15, -0.1) is 11.3 Å². The third kappa shape index (κ3) is 11.7. The number of anilines is 2. The zero-order chi connectivity index (χ0) is 39.4. The van der Waals surface area contributed by atoms with Gasteiger partial charge in [-0.3, -0.25) is 19.2 Å². The Balaban J connectivity index is 1.51. The zero-order valence-corrected chi connectivity index (χ0v) is 30.9. The second-order valence-corrected chi connectivity index (χ2v) is 13.8. The first-order chi connectivity index (χ1) is 25.7. The molecular weight excluding hydrogens is 728 g/mol. The van der Waals surface area contributed by atoms with Crippen molar-refractivity contribution in [1.29, 1.82) is 0 Å². The van der Waals surface area contributed by atoms with Crippen LogP contribution in [0.1, 0.15) is 46.5 Å². The Labute approximate surface area is 315 Å². The number of nitrogens with two attached hydrogens (primary N) is 1. The molecule has 13 nitrogen and oxygen atoms in total. The molecular formula is C37H42F3N7O6S. The van der Waals surface area contributed by atoms with Gasteiger partial charge in [0.2, 0.25) is 11.8 Å². The molecule has 4 rings (SSSR count). The molecule has 0 saturated carbocycles. The first-order valence-corrected chi connectivity index (χ1v) is 17.8. The number of rotatable bonds is 15. The minimum absolute atomic E-state index is 0.0205. The van der Waals surface area contributed by atoms with Crippen LogP contribution in [0.5, 0.6) is 5.75 Å². The average molecular weight is 770 g/mol. The number of hydrogen-bond acceptors (Lipinski definition) is 10. The minimum Gasteiger partial charge on any atom is -0.467 e. The number of esters is 1. The van der Waals surface area contributed by atoms with E-state index < -0.39 is 36.4 Å². The number of ether oxygens (including phenoxy) is 2. The monoisotopic (exact) mass is 769 g/mol. The van der Waals surface area contributed by atoms with Gasteiger partial charge < -0.3 is 41.0 Å². The number of amides is 3. The maximum absolute atomic E-state index is 13.8. The summed E-state index contributed by atoms with van der Waals surface area (Å²) in [6.45, 7) is 8.22. The Kier molecular flexibility index (Phi) is 14.5. The number of nitrogens with zero attached hydrogens (tertiary/aromatic N) is 3. The minimum atomic E-state index is -4.47.